The highest BCUT2D eigenvalue weighted by atomic mass is 35.6. The van der Waals surface area contributed by atoms with Gasteiger partial charge in [0.2, 0.25) is 0 Å². The fraction of sp³-hybridized carbons (Fsp3) is 1.00. The van der Waals surface area contributed by atoms with E-state index < -0.39 is 3.79 Å². The average molecular weight is 367 g/mol. The fourth-order valence-corrected chi connectivity index (χ4v) is 5.37. The smallest absolute Gasteiger partial charge is 0.123 e. The molecule has 2 rings (SSSR count). The highest BCUT2D eigenvalue weighted by Gasteiger charge is 2.45. The minimum Gasteiger partial charge on any atom is -0.123 e. The Morgan fingerprint density at radius 3 is 1.21 bits per heavy atom. The van der Waals surface area contributed by atoms with Gasteiger partial charge in [0.25, 0.3) is 0 Å². The number of rotatable bonds is 2. The molecule has 0 heterocycles. The molecule has 2 aliphatic rings. The predicted molar refractivity (Wildman–Crippen MR) is 87.0 cm³/mol. The monoisotopic (exact) mass is 364 g/mol. The minimum atomic E-state index is -1.16. The molecule has 0 amide bonds. The van der Waals surface area contributed by atoms with Crippen molar-refractivity contribution in [3.63, 3.8) is 0 Å². The van der Waals surface area contributed by atoms with Crippen molar-refractivity contribution in [2.24, 2.45) is 17.8 Å². The molecule has 0 atom stereocenters. The number of halogens is 5. The molecule has 2 fully saturated rings. The van der Waals surface area contributed by atoms with Gasteiger partial charge in [-0.05, 0) is 63.2 Å². The lowest BCUT2D eigenvalue weighted by atomic mass is 9.70. The molecule has 0 aromatic carbocycles. The largest absolute Gasteiger partial charge is 0.193 e. The fourth-order valence-electron chi connectivity index (χ4n) is 3.79. The van der Waals surface area contributed by atoms with Crippen molar-refractivity contribution in [3.8, 4) is 0 Å². The molecular weight excluding hydrogens is 345 g/mol. The van der Waals surface area contributed by atoms with Crippen LogP contribution in [-0.4, -0.2) is 14.5 Å². The van der Waals surface area contributed by atoms with Gasteiger partial charge in [-0.15, -0.1) is 23.2 Å². The van der Waals surface area contributed by atoms with Crippen molar-refractivity contribution in [2.45, 2.75) is 65.9 Å². The SMILES string of the molecule is ClC1CCC(C(C2CCC(Cl)CC2)C(Cl)(Cl)Cl)CC1. The van der Waals surface area contributed by atoms with E-state index in [0.717, 1.165) is 51.4 Å². The number of hydrogen-bond donors (Lipinski definition) is 0. The Kier molecular flexibility index (Phi) is 6.32. The van der Waals surface area contributed by atoms with Crippen molar-refractivity contribution < 1.29 is 0 Å². The summed E-state index contributed by atoms with van der Waals surface area (Å²) in [5.74, 6) is 1.16. The first-order valence-corrected chi connectivity index (χ1v) is 9.23. The van der Waals surface area contributed by atoms with Gasteiger partial charge in [-0.25, -0.2) is 0 Å². The van der Waals surface area contributed by atoms with Crippen LogP contribution in [0.5, 0.6) is 0 Å². The molecule has 2 aliphatic carbocycles. The van der Waals surface area contributed by atoms with Crippen molar-refractivity contribution in [1.29, 1.82) is 0 Å². The third-order valence-corrected chi connectivity index (χ3v) is 6.43. The van der Waals surface area contributed by atoms with E-state index in [1.807, 2.05) is 0 Å². The average Bonchev–Trinajstić information content (AvgIpc) is 2.33. The van der Waals surface area contributed by atoms with E-state index in [-0.39, 0.29) is 5.92 Å². The summed E-state index contributed by atoms with van der Waals surface area (Å²) in [6.07, 6.45) is 8.56. The molecule has 0 aromatic heterocycles. The van der Waals surface area contributed by atoms with Crippen molar-refractivity contribution in [2.75, 3.05) is 0 Å². The van der Waals surface area contributed by atoms with E-state index >= 15 is 0 Å². The molecule has 2 saturated carbocycles. The number of hydrogen-bond acceptors (Lipinski definition) is 0. The molecule has 0 N–H and O–H groups in total. The zero-order valence-electron chi connectivity index (χ0n) is 10.9. The second-order valence-corrected chi connectivity index (χ2v) is 9.69. The van der Waals surface area contributed by atoms with E-state index in [2.05, 4.69) is 0 Å². The second-order valence-electron chi connectivity index (χ2n) is 6.09. The zero-order chi connectivity index (χ0) is 14.0. The summed E-state index contributed by atoms with van der Waals surface area (Å²) >= 11 is 31.3. The van der Waals surface area contributed by atoms with E-state index in [1.54, 1.807) is 0 Å². The predicted octanol–water partition coefficient (Wildman–Crippen LogP) is 6.57. The van der Waals surface area contributed by atoms with Crippen LogP contribution < -0.4 is 0 Å². The summed E-state index contributed by atoms with van der Waals surface area (Å²) < 4.78 is -1.16. The molecule has 0 saturated heterocycles. The van der Waals surface area contributed by atoms with Crippen LogP contribution in [0.2, 0.25) is 0 Å². The summed E-state index contributed by atoms with van der Waals surface area (Å²) in [5.41, 5.74) is 0. The van der Waals surface area contributed by atoms with E-state index in [0.29, 0.717) is 22.6 Å². The first-order chi connectivity index (χ1) is 8.88. The quantitative estimate of drug-likeness (QED) is 0.485. The summed E-state index contributed by atoms with van der Waals surface area (Å²) in [6.45, 7) is 0. The highest BCUT2D eigenvalue weighted by Crippen LogP contribution is 2.51. The lowest BCUT2D eigenvalue weighted by molar-refractivity contribution is 0.148. The van der Waals surface area contributed by atoms with Crippen molar-refractivity contribution >= 4 is 58.0 Å². The Balaban J connectivity index is 2.04. The van der Waals surface area contributed by atoms with Crippen LogP contribution in [0.4, 0.5) is 0 Å². The molecular formula is C14H21Cl5. The van der Waals surface area contributed by atoms with E-state index in [4.69, 9.17) is 58.0 Å². The maximum Gasteiger partial charge on any atom is 0.193 e. The van der Waals surface area contributed by atoms with Crippen LogP contribution in [0.15, 0.2) is 0 Å². The Bertz CT molecular complexity index is 250. The third kappa shape index (κ3) is 4.71. The van der Waals surface area contributed by atoms with E-state index in [9.17, 15) is 0 Å². The van der Waals surface area contributed by atoms with Gasteiger partial charge >= 0.3 is 0 Å². The molecule has 0 spiro atoms. The Hall–Kier alpha value is 1.45. The summed E-state index contributed by atoms with van der Waals surface area (Å²) in [7, 11) is 0. The summed E-state index contributed by atoms with van der Waals surface area (Å²) in [5, 5.41) is 0.622. The van der Waals surface area contributed by atoms with Gasteiger partial charge in [0.1, 0.15) is 0 Å². The topological polar surface area (TPSA) is 0 Å². The summed E-state index contributed by atoms with van der Waals surface area (Å²) in [6, 6.07) is 0. The molecule has 0 aliphatic heterocycles. The van der Waals surface area contributed by atoms with Gasteiger partial charge in [0, 0.05) is 16.7 Å². The summed E-state index contributed by atoms with van der Waals surface area (Å²) in [4.78, 5) is 0. The van der Waals surface area contributed by atoms with Crippen LogP contribution in [0.1, 0.15) is 51.4 Å². The van der Waals surface area contributed by atoms with Gasteiger partial charge in [0.15, 0.2) is 3.79 Å². The van der Waals surface area contributed by atoms with Crippen LogP contribution in [0.3, 0.4) is 0 Å². The van der Waals surface area contributed by atoms with Crippen molar-refractivity contribution in [1.82, 2.24) is 0 Å². The van der Waals surface area contributed by atoms with Crippen LogP contribution in [0.25, 0.3) is 0 Å². The maximum atomic E-state index is 6.30. The van der Waals surface area contributed by atoms with Crippen LogP contribution in [-0.2, 0) is 0 Å². The Labute approximate surface area is 141 Å². The normalized spacial score (nSPS) is 39.0. The first-order valence-electron chi connectivity index (χ1n) is 7.22. The third-order valence-electron chi connectivity index (χ3n) is 4.80. The highest BCUT2D eigenvalue weighted by molar-refractivity contribution is 6.67. The van der Waals surface area contributed by atoms with Gasteiger partial charge < -0.3 is 0 Å². The molecule has 19 heavy (non-hydrogen) atoms. The standard InChI is InChI=1S/C14H21Cl5/c15-11-5-1-9(2-6-11)13(14(17,18)19)10-3-7-12(16)8-4-10/h9-13H,1-8H2. The maximum absolute atomic E-state index is 6.30. The Morgan fingerprint density at radius 1 is 0.632 bits per heavy atom. The molecule has 0 unspecified atom stereocenters. The Morgan fingerprint density at radius 2 is 0.947 bits per heavy atom. The first kappa shape index (κ1) is 16.8. The van der Waals surface area contributed by atoms with Gasteiger partial charge in [-0.2, -0.15) is 0 Å². The molecule has 112 valence electrons. The van der Waals surface area contributed by atoms with Crippen LogP contribution in [0, 0.1) is 17.8 Å². The van der Waals surface area contributed by atoms with E-state index in [1.165, 1.54) is 0 Å². The molecule has 0 radical (unpaired) electrons. The molecule has 0 aromatic rings. The lowest BCUT2D eigenvalue weighted by Crippen LogP contribution is -2.38. The second kappa shape index (κ2) is 7.14. The van der Waals surface area contributed by atoms with Crippen molar-refractivity contribution in [3.05, 3.63) is 0 Å². The molecule has 0 bridgehead atoms. The van der Waals surface area contributed by atoms with Gasteiger partial charge in [0.05, 0.1) is 0 Å². The van der Waals surface area contributed by atoms with Gasteiger partial charge in [-0.3, -0.25) is 0 Å². The molecule has 0 nitrogen and oxygen atoms in total. The lowest BCUT2D eigenvalue weighted by Gasteiger charge is -2.42. The zero-order valence-corrected chi connectivity index (χ0v) is 14.7. The number of alkyl halides is 5. The van der Waals surface area contributed by atoms with Crippen LogP contribution >= 0.6 is 58.0 Å². The minimum absolute atomic E-state index is 0.158. The molecule has 5 heteroatoms. The van der Waals surface area contributed by atoms with Gasteiger partial charge in [-0.1, -0.05) is 34.8 Å².